The Bertz CT molecular complexity index is 298. The Balaban J connectivity index is 1.90. The van der Waals surface area contributed by atoms with Crippen molar-refractivity contribution in [2.24, 2.45) is 5.92 Å². The second-order valence-electron chi connectivity index (χ2n) is 3.75. The van der Waals surface area contributed by atoms with E-state index >= 15 is 0 Å². The van der Waals surface area contributed by atoms with Crippen LogP contribution in [0.3, 0.4) is 0 Å². The summed E-state index contributed by atoms with van der Waals surface area (Å²) in [5, 5.41) is 14.7. The normalized spacial score (nSPS) is 18.4. The van der Waals surface area contributed by atoms with Crippen LogP contribution < -0.4 is 5.32 Å². The van der Waals surface area contributed by atoms with E-state index in [-0.39, 0.29) is 12.6 Å². The summed E-state index contributed by atoms with van der Waals surface area (Å²) in [5.41, 5.74) is 0. The van der Waals surface area contributed by atoms with Gasteiger partial charge in [0.05, 0.1) is 12.6 Å². The topological polar surface area (TPSA) is 32.3 Å². The van der Waals surface area contributed by atoms with E-state index in [4.69, 9.17) is 0 Å². The van der Waals surface area contributed by atoms with E-state index in [1.54, 1.807) is 11.3 Å². The highest BCUT2D eigenvalue weighted by Crippen LogP contribution is 2.30. The zero-order valence-corrected chi connectivity index (χ0v) is 10.3. The molecule has 0 bridgehead atoms. The summed E-state index contributed by atoms with van der Waals surface area (Å²) in [7, 11) is 0. The van der Waals surface area contributed by atoms with Crippen molar-refractivity contribution in [2.45, 2.75) is 18.9 Å². The van der Waals surface area contributed by atoms with Crippen molar-refractivity contribution in [3.8, 4) is 0 Å². The highest BCUT2D eigenvalue weighted by atomic mass is 79.9. The van der Waals surface area contributed by atoms with E-state index in [0.29, 0.717) is 0 Å². The molecule has 0 spiro atoms. The molecule has 2 nitrogen and oxygen atoms in total. The molecule has 1 aromatic rings. The first-order chi connectivity index (χ1) is 6.79. The fourth-order valence-corrected chi connectivity index (χ4v) is 2.91. The predicted molar refractivity (Wildman–Crippen MR) is 62.6 cm³/mol. The lowest BCUT2D eigenvalue weighted by molar-refractivity contribution is 0.245. The molecule has 2 N–H and O–H groups in total. The van der Waals surface area contributed by atoms with Crippen LogP contribution in [0.25, 0.3) is 0 Å². The number of halogens is 1. The molecule has 78 valence electrons. The summed E-state index contributed by atoms with van der Waals surface area (Å²) < 4.78 is 1.10. The first-order valence-electron chi connectivity index (χ1n) is 4.87. The molecule has 14 heavy (non-hydrogen) atoms. The van der Waals surface area contributed by atoms with Crippen molar-refractivity contribution >= 4 is 27.3 Å². The molecule has 1 aliphatic carbocycles. The van der Waals surface area contributed by atoms with Gasteiger partial charge in [0.2, 0.25) is 0 Å². The lowest BCUT2D eigenvalue weighted by Crippen LogP contribution is -2.25. The largest absolute Gasteiger partial charge is 0.394 e. The van der Waals surface area contributed by atoms with Crippen LogP contribution in [-0.4, -0.2) is 18.3 Å². The number of nitrogens with one attached hydrogen (secondary N) is 1. The molecule has 1 atom stereocenters. The van der Waals surface area contributed by atoms with E-state index in [2.05, 4.69) is 32.7 Å². The summed E-state index contributed by atoms with van der Waals surface area (Å²) in [4.78, 5) is 1.21. The van der Waals surface area contributed by atoms with Gasteiger partial charge in [-0.1, -0.05) is 0 Å². The lowest BCUT2D eigenvalue weighted by atomic mass is 10.2. The Morgan fingerprint density at radius 1 is 1.64 bits per heavy atom. The SMILES string of the molecule is OCC(NCC1CC1)c1cc(Br)cs1. The molecule has 0 amide bonds. The van der Waals surface area contributed by atoms with Crippen LogP contribution in [-0.2, 0) is 0 Å². The third kappa shape index (κ3) is 2.79. The average Bonchev–Trinajstić information content (AvgIpc) is 2.90. The fourth-order valence-electron chi connectivity index (χ4n) is 1.40. The lowest BCUT2D eigenvalue weighted by Gasteiger charge is -2.13. The second-order valence-corrected chi connectivity index (χ2v) is 5.61. The summed E-state index contributed by atoms with van der Waals surface area (Å²) in [5.74, 6) is 0.854. The van der Waals surface area contributed by atoms with Crippen molar-refractivity contribution in [1.29, 1.82) is 0 Å². The van der Waals surface area contributed by atoms with Crippen LogP contribution in [0, 0.1) is 5.92 Å². The summed E-state index contributed by atoms with van der Waals surface area (Å²) in [6.07, 6.45) is 2.69. The number of hydrogen-bond acceptors (Lipinski definition) is 3. The first-order valence-corrected chi connectivity index (χ1v) is 6.55. The van der Waals surface area contributed by atoms with Gasteiger partial charge in [0.25, 0.3) is 0 Å². The van der Waals surface area contributed by atoms with E-state index in [1.165, 1.54) is 17.7 Å². The second kappa shape index (κ2) is 4.75. The van der Waals surface area contributed by atoms with E-state index in [0.717, 1.165) is 16.9 Å². The summed E-state index contributed by atoms with van der Waals surface area (Å²) in [6, 6.07) is 2.19. The quantitative estimate of drug-likeness (QED) is 0.866. The molecule has 4 heteroatoms. The molecular weight excluding hydrogens is 262 g/mol. The molecule has 1 aliphatic rings. The smallest absolute Gasteiger partial charge is 0.0650 e. The maximum absolute atomic E-state index is 9.25. The van der Waals surface area contributed by atoms with E-state index in [1.807, 2.05) is 0 Å². The zero-order chi connectivity index (χ0) is 9.97. The Labute approximate surface area is 96.5 Å². The van der Waals surface area contributed by atoms with Gasteiger partial charge in [0, 0.05) is 14.7 Å². The molecule has 0 radical (unpaired) electrons. The summed E-state index contributed by atoms with van der Waals surface area (Å²) >= 11 is 5.11. The minimum absolute atomic E-state index is 0.117. The first kappa shape index (κ1) is 10.6. The monoisotopic (exact) mass is 275 g/mol. The Morgan fingerprint density at radius 2 is 2.43 bits per heavy atom. The molecule has 1 saturated carbocycles. The number of thiophene rings is 1. The van der Waals surface area contributed by atoms with E-state index in [9.17, 15) is 5.11 Å². The third-order valence-corrected chi connectivity index (χ3v) is 4.27. The van der Waals surface area contributed by atoms with Crippen LogP contribution >= 0.6 is 27.3 Å². The molecule has 0 saturated heterocycles. The maximum atomic E-state index is 9.25. The highest BCUT2D eigenvalue weighted by molar-refractivity contribution is 9.10. The number of aliphatic hydroxyl groups excluding tert-OH is 1. The molecule has 1 aromatic heterocycles. The standard InChI is InChI=1S/C10H14BrNOS/c11-8-3-10(14-6-8)9(5-13)12-4-7-1-2-7/h3,6-7,9,12-13H,1-2,4-5H2. The van der Waals surface area contributed by atoms with Gasteiger partial charge >= 0.3 is 0 Å². The number of hydrogen-bond donors (Lipinski definition) is 2. The molecule has 2 rings (SSSR count). The van der Waals surface area contributed by atoms with E-state index < -0.39 is 0 Å². The zero-order valence-electron chi connectivity index (χ0n) is 7.87. The average molecular weight is 276 g/mol. The van der Waals surface area contributed by atoms with Gasteiger partial charge in [-0.2, -0.15) is 0 Å². The highest BCUT2D eigenvalue weighted by Gasteiger charge is 2.22. The summed E-state index contributed by atoms with van der Waals surface area (Å²) in [6.45, 7) is 1.22. The van der Waals surface area contributed by atoms with Gasteiger partial charge in [0.15, 0.2) is 0 Å². The Morgan fingerprint density at radius 3 is 2.93 bits per heavy atom. The van der Waals surface area contributed by atoms with Gasteiger partial charge < -0.3 is 10.4 Å². The number of rotatable bonds is 5. The molecule has 1 heterocycles. The van der Waals surface area contributed by atoms with Gasteiger partial charge in [0.1, 0.15) is 0 Å². The molecule has 0 aromatic carbocycles. The molecule has 1 unspecified atom stereocenters. The fraction of sp³-hybridized carbons (Fsp3) is 0.600. The maximum Gasteiger partial charge on any atom is 0.0650 e. The number of aliphatic hydroxyl groups is 1. The van der Waals surface area contributed by atoms with Crippen molar-refractivity contribution in [3.63, 3.8) is 0 Å². The minimum Gasteiger partial charge on any atom is -0.394 e. The van der Waals surface area contributed by atoms with Gasteiger partial charge in [-0.05, 0) is 47.3 Å². The molecular formula is C10H14BrNOS. The predicted octanol–water partition coefficient (Wildman–Crippen LogP) is 2.54. The molecule has 1 fully saturated rings. The van der Waals surface area contributed by atoms with Crippen molar-refractivity contribution in [3.05, 3.63) is 20.8 Å². The van der Waals surface area contributed by atoms with Crippen molar-refractivity contribution < 1.29 is 5.11 Å². The van der Waals surface area contributed by atoms with Gasteiger partial charge in [-0.25, -0.2) is 0 Å². The van der Waals surface area contributed by atoms with Gasteiger partial charge in [-0.3, -0.25) is 0 Å². The third-order valence-electron chi connectivity index (χ3n) is 2.46. The van der Waals surface area contributed by atoms with Gasteiger partial charge in [-0.15, -0.1) is 11.3 Å². The Hall–Kier alpha value is 0.1000. The van der Waals surface area contributed by atoms with Crippen LogP contribution in [0.2, 0.25) is 0 Å². The van der Waals surface area contributed by atoms with Crippen molar-refractivity contribution in [1.82, 2.24) is 5.32 Å². The minimum atomic E-state index is 0.117. The van der Waals surface area contributed by atoms with Crippen LogP contribution in [0.4, 0.5) is 0 Å². The van der Waals surface area contributed by atoms with Crippen LogP contribution in [0.1, 0.15) is 23.8 Å². The Kier molecular flexibility index (Phi) is 3.60. The van der Waals surface area contributed by atoms with Crippen molar-refractivity contribution in [2.75, 3.05) is 13.2 Å². The van der Waals surface area contributed by atoms with Crippen LogP contribution in [0.5, 0.6) is 0 Å². The van der Waals surface area contributed by atoms with Crippen LogP contribution in [0.15, 0.2) is 15.9 Å². The molecule has 0 aliphatic heterocycles.